The van der Waals surface area contributed by atoms with Gasteiger partial charge in [0.15, 0.2) is 0 Å². The Hall–Kier alpha value is -2.87. The van der Waals surface area contributed by atoms with Crippen molar-refractivity contribution in [2.75, 3.05) is 27.4 Å². The van der Waals surface area contributed by atoms with Crippen LogP contribution in [0.5, 0.6) is 5.75 Å². The lowest BCUT2D eigenvalue weighted by atomic mass is 9.91. The van der Waals surface area contributed by atoms with E-state index in [9.17, 15) is 9.59 Å². The number of aromatic nitrogens is 2. The summed E-state index contributed by atoms with van der Waals surface area (Å²) in [6, 6.07) is 9.51. The van der Waals surface area contributed by atoms with E-state index >= 15 is 0 Å². The molecule has 4 rings (SSSR count). The number of carbonyl (C=O) groups excluding carboxylic acids is 2. The third kappa shape index (κ3) is 4.24. The van der Waals surface area contributed by atoms with Crippen LogP contribution in [-0.2, 0) is 16.1 Å². The molecule has 1 N–H and O–H groups in total. The average molecular weight is 441 g/mol. The molecule has 2 amide bonds. The maximum Gasteiger partial charge on any atom is 0.273 e. The van der Waals surface area contributed by atoms with Gasteiger partial charge in [-0.2, -0.15) is 5.10 Å². The van der Waals surface area contributed by atoms with Crippen molar-refractivity contribution in [2.45, 2.75) is 57.2 Å². The van der Waals surface area contributed by atoms with E-state index in [-0.39, 0.29) is 17.9 Å². The van der Waals surface area contributed by atoms with Crippen LogP contribution in [0.3, 0.4) is 0 Å². The van der Waals surface area contributed by atoms with Crippen molar-refractivity contribution in [3.05, 3.63) is 36.0 Å². The van der Waals surface area contributed by atoms with Gasteiger partial charge in [-0.1, -0.05) is 19.3 Å². The van der Waals surface area contributed by atoms with Crippen molar-refractivity contribution in [1.29, 1.82) is 0 Å². The lowest BCUT2D eigenvalue weighted by Crippen LogP contribution is -2.65. The molecule has 1 aromatic heterocycles. The minimum atomic E-state index is -1.04. The zero-order valence-electron chi connectivity index (χ0n) is 19.1. The van der Waals surface area contributed by atoms with Gasteiger partial charge in [0, 0.05) is 25.3 Å². The van der Waals surface area contributed by atoms with E-state index in [0.29, 0.717) is 31.1 Å². The summed E-state index contributed by atoms with van der Waals surface area (Å²) in [4.78, 5) is 28.6. The number of methoxy groups -OCH3 is 2. The fourth-order valence-electron chi connectivity index (χ4n) is 4.66. The summed E-state index contributed by atoms with van der Waals surface area (Å²) in [7, 11) is 3.22. The zero-order chi connectivity index (χ0) is 22.7. The maximum atomic E-state index is 13.5. The Morgan fingerprint density at radius 2 is 1.91 bits per heavy atom. The van der Waals surface area contributed by atoms with Gasteiger partial charge in [-0.05, 0) is 50.1 Å². The Morgan fingerprint density at radius 3 is 2.56 bits per heavy atom. The first-order valence-corrected chi connectivity index (χ1v) is 11.3. The molecule has 1 aliphatic heterocycles. The molecular weight excluding hydrogens is 408 g/mol. The van der Waals surface area contributed by atoms with Gasteiger partial charge in [-0.15, -0.1) is 0 Å². The van der Waals surface area contributed by atoms with Crippen LogP contribution in [0.2, 0.25) is 0 Å². The first kappa shape index (κ1) is 22.3. The van der Waals surface area contributed by atoms with E-state index in [0.717, 1.165) is 37.0 Å². The van der Waals surface area contributed by atoms with Crippen molar-refractivity contribution >= 4 is 11.8 Å². The number of fused-ring (bicyclic) bond motifs is 1. The molecule has 0 spiro atoms. The Labute approximate surface area is 188 Å². The highest BCUT2D eigenvalue weighted by Crippen LogP contribution is 2.31. The second-order valence-electron chi connectivity index (χ2n) is 8.83. The van der Waals surface area contributed by atoms with Crippen LogP contribution in [0.4, 0.5) is 0 Å². The Balaban J connectivity index is 1.64. The second kappa shape index (κ2) is 9.32. The fraction of sp³-hybridized carbons (Fsp3) is 0.542. The lowest BCUT2D eigenvalue weighted by molar-refractivity contribution is -0.134. The van der Waals surface area contributed by atoms with Gasteiger partial charge in [0.1, 0.15) is 17.0 Å². The summed E-state index contributed by atoms with van der Waals surface area (Å²) in [6.07, 6.45) is 5.45. The smallest absolute Gasteiger partial charge is 0.273 e. The fourth-order valence-corrected chi connectivity index (χ4v) is 4.66. The van der Waals surface area contributed by atoms with Crippen molar-refractivity contribution in [2.24, 2.45) is 0 Å². The summed E-state index contributed by atoms with van der Waals surface area (Å²) in [5, 5.41) is 7.89. The molecule has 2 aliphatic rings. The minimum Gasteiger partial charge on any atom is -0.497 e. The summed E-state index contributed by atoms with van der Waals surface area (Å²) in [5.41, 5.74) is 1.02. The van der Waals surface area contributed by atoms with Crippen LogP contribution in [0, 0.1) is 0 Å². The summed E-state index contributed by atoms with van der Waals surface area (Å²) in [6.45, 7) is 2.83. The summed E-state index contributed by atoms with van der Waals surface area (Å²) >= 11 is 0. The van der Waals surface area contributed by atoms with Gasteiger partial charge in [0.05, 0.1) is 26.0 Å². The monoisotopic (exact) mass is 440 g/mol. The number of rotatable bonds is 7. The molecule has 1 saturated carbocycles. The molecule has 1 unspecified atom stereocenters. The molecule has 172 valence electrons. The average Bonchev–Trinajstić information content (AvgIpc) is 3.23. The SMILES string of the molecule is COCCN1C(=O)c2cc(-c3ccc(OC)cc3)nn2CC1(C)C(=O)NC1CCCCC1. The highest BCUT2D eigenvalue weighted by atomic mass is 16.5. The quantitative estimate of drug-likeness (QED) is 0.716. The third-order valence-corrected chi connectivity index (χ3v) is 6.63. The first-order valence-electron chi connectivity index (χ1n) is 11.3. The number of carbonyl (C=O) groups is 2. The van der Waals surface area contributed by atoms with Crippen molar-refractivity contribution < 1.29 is 19.1 Å². The molecule has 2 heterocycles. The number of hydrogen-bond donors (Lipinski definition) is 1. The van der Waals surface area contributed by atoms with Crippen molar-refractivity contribution in [3.8, 4) is 17.0 Å². The number of ether oxygens (including phenoxy) is 2. The molecule has 1 aromatic carbocycles. The highest BCUT2D eigenvalue weighted by molar-refractivity contribution is 6.00. The number of benzene rings is 1. The topological polar surface area (TPSA) is 85.7 Å². The summed E-state index contributed by atoms with van der Waals surface area (Å²) in [5.74, 6) is 0.425. The van der Waals surface area contributed by atoms with Crippen LogP contribution in [0.15, 0.2) is 30.3 Å². The molecular formula is C24H32N4O4. The molecule has 1 aliphatic carbocycles. The van der Waals surface area contributed by atoms with E-state index in [1.54, 1.807) is 29.9 Å². The molecule has 32 heavy (non-hydrogen) atoms. The normalized spacial score (nSPS) is 21.3. The third-order valence-electron chi connectivity index (χ3n) is 6.63. The number of nitrogens with zero attached hydrogens (tertiary/aromatic N) is 3. The predicted molar refractivity (Wildman–Crippen MR) is 121 cm³/mol. The van der Waals surface area contributed by atoms with Gasteiger partial charge in [0.2, 0.25) is 5.91 Å². The van der Waals surface area contributed by atoms with E-state index in [1.807, 2.05) is 31.2 Å². The zero-order valence-corrected chi connectivity index (χ0v) is 19.1. The molecule has 1 fully saturated rings. The van der Waals surface area contributed by atoms with E-state index < -0.39 is 5.54 Å². The molecule has 1 atom stereocenters. The maximum absolute atomic E-state index is 13.5. The minimum absolute atomic E-state index is 0.124. The predicted octanol–water partition coefficient (Wildman–Crippen LogP) is 2.87. The summed E-state index contributed by atoms with van der Waals surface area (Å²) < 4.78 is 12.1. The van der Waals surface area contributed by atoms with Crippen LogP contribution < -0.4 is 10.1 Å². The highest BCUT2D eigenvalue weighted by Gasteiger charge is 2.48. The van der Waals surface area contributed by atoms with Crippen LogP contribution in [0.1, 0.15) is 49.5 Å². The molecule has 2 aromatic rings. The van der Waals surface area contributed by atoms with Gasteiger partial charge in [0.25, 0.3) is 5.91 Å². The van der Waals surface area contributed by atoms with Gasteiger partial charge in [-0.25, -0.2) is 0 Å². The Bertz CT molecular complexity index is 965. The van der Waals surface area contributed by atoms with E-state index in [2.05, 4.69) is 10.4 Å². The van der Waals surface area contributed by atoms with Gasteiger partial charge < -0.3 is 19.7 Å². The molecule has 0 saturated heterocycles. The van der Waals surface area contributed by atoms with Crippen molar-refractivity contribution in [1.82, 2.24) is 20.0 Å². The van der Waals surface area contributed by atoms with Crippen LogP contribution in [0.25, 0.3) is 11.3 Å². The molecule has 8 heteroatoms. The Kier molecular flexibility index (Phi) is 6.50. The van der Waals surface area contributed by atoms with E-state index in [4.69, 9.17) is 9.47 Å². The number of nitrogens with one attached hydrogen (secondary N) is 1. The molecule has 8 nitrogen and oxygen atoms in total. The lowest BCUT2D eigenvalue weighted by Gasteiger charge is -2.44. The van der Waals surface area contributed by atoms with Crippen LogP contribution in [-0.4, -0.2) is 65.4 Å². The Morgan fingerprint density at radius 1 is 1.19 bits per heavy atom. The number of hydrogen-bond acceptors (Lipinski definition) is 5. The largest absolute Gasteiger partial charge is 0.497 e. The van der Waals surface area contributed by atoms with Gasteiger partial charge >= 0.3 is 0 Å². The van der Waals surface area contributed by atoms with Crippen molar-refractivity contribution in [3.63, 3.8) is 0 Å². The second-order valence-corrected chi connectivity index (χ2v) is 8.83. The van der Waals surface area contributed by atoms with E-state index in [1.165, 1.54) is 6.42 Å². The molecule has 0 radical (unpaired) electrons. The van der Waals surface area contributed by atoms with Gasteiger partial charge in [-0.3, -0.25) is 14.3 Å². The number of amides is 2. The van der Waals surface area contributed by atoms with Crippen LogP contribution >= 0.6 is 0 Å². The first-order chi connectivity index (χ1) is 15.5. The molecule has 0 bridgehead atoms. The standard InChI is InChI=1S/C24H32N4O4/c1-24(23(30)25-18-7-5-4-6-8-18)16-28-21(22(29)27(24)13-14-31-2)15-20(26-28)17-9-11-19(32-3)12-10-17/h9-12,15,18H,4-8,13-14,16H2,1-3H3,(H,25,30).